The van der Waals surface area contributed by atoms with E-state index in [9.17, 15) is 13.2 Å². The topological polar surface area (TPSA) is 29.5 Å². The van der Waals surface area contributed by atoms with Crippen LogP contribution in [-0.4, -0.2) is 24.2 Å². The Balaban J connectivity index is 3.47. The molecule has 0 aliphatic carbocycles. The lowest BCUT2D eigenvalue weighted by molar-refractivity contribution is -0.341. The lowest BCUT2D eigenvalue weighted by Gasteiger charge is -2.12. The van der Waals surface area contributed by atoms with Crippen LogP contribution in [0.2, 0.25) is 0 Å². The van der Waals surface area contributed by atoms with Crippen molar-refractivity contribution in [3.05, 3.63) is 0 Å². The average Bonchev–Trinajstić information content (AvgIpc) is 1.59. The van der Waals surface area contributed by atoms with E-state index in [1.54, 1.807) is 0 Å². The second kappa shape index (κ2) is 3.78. The number of halogens is 3. The zero-order valence-electron chi connectivity index (χ0n) is 5.48. The van der Waals surface area contributed by atoms with Crippen molar-refractivity contribution in [2.24, 2.45) is 0 Å². The van der Waals surface area contributed by atoms with Crippen LogP contribution in [0.5, 0.6) is 0 Å². The summed E-state index contributed by atoms with van der Waals surface area (Å²) in [6.45, 7) is 0.959. The lowest BCUT2D eigenvalue weighted by atomic mass is 10.3. The highest BCUT2D eigenvalue weighted by atomic mass is 19.4. The van der Waals surface area contributed by atoms with Gasteiger partial charge in [-0.05, 0) is 13.3 Å². The average molecular weight is 158 g/mol. The molecule has 1 N–H and O–H groups in total. The summed E-state index contributed by atoms with van der Waals surface area (Å²) in [6.07, 6.45) is -5.56. The van der Waals surface area contributed by atoms with Crippen molar-refractivity contribution in [1.29, 1.82) is 0 Å². The fraction of sp³-hybridized carbons (Fsp3) is 1.00. The molecular weight excluding hydrogens is 149 g/mol. The van der Waals surface area contributed by atoms with Crippen molar-refractivity contribution >= 4 is 0 Å². The van der Waals surface area contributed by atoms with Gasteiger partial charge in [-0.3, -0.25) is 4.74 Å². The van der Waals surface area contributed by atoms with Gasteiger partial charge in [-0.25, -0.2) is 0 Å². The highest BCUT2D eigenvalue weighted by Gasteiger charge is 2.31. The van der Waals surface area contributed by atoms with E-state index < -0.39 is 12.5 Å². The van der Waals surface area contributed by atoms with E-state index in [0.717, 1.165) is 0 Å². The Morgan fingerprint density at radius 2 is 2.00 bits per heavy atom. The smallest absolute Gasteiger partial charge is 0.396 e. The van der Waals surface area contributed by atoms with E-state index in [4.69, 9.17) is 5.11 Å². The summed E-state index contributed by atoms with van der Waals surface area (Å²) < 4.78 is 37.5. The maximum absolute atomic E-state index is 11.3. The molecule has 0 aromatic rings. The molecule has 0 bridgehead atoms. The van der Waals surface area contributed by atoms with Crippen LogP contribution in [0, 0.1) is 0 Å². The van der Waals surface area contributed by atoms with Gasteiger partial charge >= 0.3 is 6.36 Å². The standard InChI is InChI=1S/C5H9F3O2/c1-4(2-3-9)10-5(6,7)8/h4,9H,2-3H2,1H3. The molecule has 0 saturated carbocycles. The van der Waals surface area contributed by atoms with Crippen molar-refractivity contribution in [1.82, 2.24) is 0 Å². The second-order valence-electron chi connectivity index (χ2n) is 1.89. The summed E-state index contributed by atoms with van der Waals surface area (Å²) >= 11 is 0. The summed E-state index contributed by atoms with van der Waals surface area (Å²) in [5.41, 5.74) is 0. The van der Waals surface area contributed by atoms with Crippen LogP contribution in [0.4, 0.5) is 13.2 Å². The number of hydrogen-bond acceptors (Lipinski definition) is 2. The van der Waals surface area contributed by atoms with Crippen LogP contribution < -0.4 is 0 Å². The molecule has 2 nitrogen and oxygen atoms in total. The minimum atomic E-state index is -4.59. The molecule has 0 aromatic carbocycles. The molecule has 0 fully saturated rings. The maximum atomic E-state index is 11.3. The van der Waals surface area contributed by atoms with E-state index in [2.05, 4.69) is 4.74 Å². The molecule has 0 rings (SSSR count). The highest BCUT2D eigenvalue weighted by Crippen LogP contribution is 2.19. The molecule has 1 unspecified atom stereocenters. The molecule has 0 amide bonds. The van der Waals surface area contributed by atoms with E-state index in [1.807, 2.05) is 0 Å². The van der Waals surface area contributed by atoms with Gasteiger partial charge in [-0.1, -0.05) is 0 Å². The van der Waals surface area contributed by atoms with Crippen LogP contribution >= 0.6 is 0 Å². The third-order valence-corrected chi connectivity index (χ3v) is 0.870. The number of rotatable bonds is 3. The Kier molecular flexibility index (Phi) is 3.67. The van der Waals surface area contributed by atoms with Crippen molar-refractivity contribution in [2.75, 3.05) is 6.61 Å². The fourth-order valence-corrected chi connectivity index (χ4v) is 0.469. The van der Waals surface area contributed by atoms with Gasteiger partial charge in [0.25, 0.3) is 0 Å². The van der Waals surface area contributed by atoms with E-state index in [0.29, 0.717) is 0 Å². The predicted molar refractivity (Wildman–Crippen MR) is 28.3 cm³/mol. The molecule has 10 heavy (non-hydrogen) atoms. The minimum Gasteiger partial charge on any atom is -0.396 e. The van der Waals surface area contributed by atoms with Crippen LogP contribution in [0.25, 0.3) is 0 Å². The number of alkyl halides is 3. The van der Waals surface area contributed by atoms with Crippen molar-refractivity contribution in [3.63, 3.8) is 0 Å². The molecule has 0 aliphatic rings. The van der Waals surface area contributed by atoms with Crippen LogP contribution in [0.1, 0.15) is 13.3 Å². The first-order valence-electron chi connectivity index (χ1n) is 2.81. The summed E-state index contributed by atoms with van der Waals surface area (Å²) in [5.74, 6) is 0. The molecule has 0 aromatic heterocycles. The van der Waals surface area contributed by atoms with E-state index in [1.165, 1.54) is 6.92 Å². The molecule has 5 heteroatoms. The Morgan fingerprint density at radius 1 is 1.50 bits per heavy atom. The Labute approximate surface area is 56.6 Å². The largest absolute Gasteiger partial charge is 0.522 e. The lowest BCUT2D eigenvalue weighted by Crippen LogP contribution is -2.22. The second-order valence-corrected chi connectivity index (χ2v) is 1.89. The van der Waals surface area contributed by atoms with E-state index >= 15 is 0 Å². The maximum Gasteiger partial charge on any atom is 0.522 e. The van der Waals surface area contributed by atoms with Gasteiger partial charge in [0.1, 0.15) is 0 Å². The zero-order valence-corrected chi connectivity index (χ0v) is 5.48. The number of aliphatic hydroxyl groups excluding tert-OH is 1. The quantitative estimate of drug-likeness (QED) is 0.670. The molecule has 1 atom stereocenters. The van der Waals surface area contributed by atoms with Crippen LogP contribution in [-0.2, 0) is 4.74 Å². The third kappa shape index (κ3) is 5.84. The zero-order chi connectivity index (χ0) is 8.20. The summed E-state index contributed by atoms with van der Waals surface area (Å²) in [7, 11) is 0. The third-order valence-electron chi connectivity index (χ3n) is 0.870. The molecule has 62 valence electrons. The van der Waals surface area contributed by atoms with Crippen LogP contribution in [0.3, 0.4) is 0 Å². The first kappa shape index (κ1) is 9.71. The van der Waals surface area contributed by atoms with Crippen molar-refractivity contribution in [3.8, 4) is 0 Å². The monoisotopic (exact) mass is 158 g/mol. The summed E-state index contributed by atoms with van der Waals surface area (Å²) in [4.78, 5) is 0. The van der Waals surface area contributed by atoms with Gasteiger partial charge in [0.15, 0.2) is 0 Å². The summed E-state index contributed by atoms with van der Waals surface area (Å²) in [6, 6.07) is 0. The molecule has 0 spiro atoms. The van der Waals surface area contributed by atoms with E-state index in [-0.39, 0.29) is 13.0 Å². The molecule has 0 radical (unpaired) electrons. The normalized spacial score (nSPS) is 15.3. The van der Waals surface area contributed by atoms with Crippen LogP contribution in [0.15, 0.2) is 0 Å². The molecule has 0 saturated heterocycles. The predicted octanol–water partition coefficient (Wildman–Crippen LogP) is 1.29. The number of hydrogen-bond donors (Lipinski definition) is 1. The molecular formula is C5H9F3O2. The minimum absolute atomic E-state index is 0.000486. The Hall–Kier alpha value is -0.290. The highest BCUT2D eigenvalue weighted by molar-refractivity contribution is 4.48. The SMILES string of the molecule is CC(CCO)OC(F)(F)F. The molecule has 0 aliphatic heterocycles. The first-order valence-corrected chi connectivity index (χ1v) is 2.81. The number of aliphatic hydroxyl groups is 1. The van der Waals surface area contributed by atoms with Gasteiger partial charge in [-0.15, -0.1) is 13.2 Å². The molecule has 0 heterocycles. The Bertz CT molecular complexity index is 91.4. The Morgan fingerprint density at radius 3 is 2.30 bits per heavy atom. The fourth-order valence-electron chi connectivity index (χ4n) is 0.469. The van der Waals surface area contributed by atoms with Crippen molar-refractivity contribution in [2.45, 2.75) is 25.8 Å². The van der Waals surface area contributed by atoms with Gasteiger partial charge in [0.05, 0.1) is 6.10 Å². The van der Waals surface area contributed by atoms with Gasteiger partial charge in [0.2, 0.25) is 0 Å². The first-order chi connectivity index (χ1) is 4.45. The van der Waals surface area contributed by atoms with Gasteiger partial charge in [0, 0.05) is 6.61 Å². The number of ether oxygens (including phenoxy) is 1. The van der Waals surface area contributed by atoms with Gasteiger partial charge in [-0.2, -0.15) is 0 Å². The van der Waals surface area contributed by atoms with Crippen molar-refractivity contribution < 1.29 is 23.0 Å². The summed E-state index contributed by atoms with van der Waals surface area (Å²) in [5, 5.41) is 8.19. The van der Waals surface area contributed by atoms with Gasteiger partial charge < -0.3 is 5.11 Å².